The van der Waals surface area contributed by atoms with Gasteiger partial charge < -0.3 is 9.15 Å². The summed E-state index contributed by atoms with van der Waals surface area (Å²) >= 11 is 3.27. The van der Waals surface area contributed by atoms with Crippen LogP contribution in [-0.4, -0.2) is 12.9 Å². The third kappa shape index (κ3) is 2.77. The molecule has 4 heteroatoms. The Morgan fingerprint density at radius 3 is 2.88 bits per heavy atom. The van der Waals surface area contributed by atoms with Gasteiger partial charge in [-0.15, -0.1) is 0 Å². The van der Waals surface area contributed by atoms with Crippen molar-refractivity contribution in [2.24, 2.45) is 0 Å². The second-order valence-electron chi connectivity index (χ2n) is 3.55. The molecule has 0 saturated carbocycles. The van der Waals surface area contributed by atoms with Crippen LogP contribution in [0.2, 0.25) is 0 Å². The molecule has 0 atom stereocenters. The third-order valence-corrected chi connectivity index (χ3v) is 2.99. The Bertz CT molecular complexity index is 531. The van der Waals surface area contributed by atoms with E-state index in [-0.39, 0.29) is 5.78 Å². The lowest BCUT2D eigenvalue weighted by Gasteiger charge is -2.03. The van der Waals surface area contributed by atoms with Crippen LogP contribution in [0, 0.1) is 0 Å². The van der Waals surface area contributed by atoms with E-state index in [1.165, 1.54) is 6.26 Å². The summed E-state index contributed by atoms with van der Waals surface area (Å²) in [6, 6.07) is 9.14. The van der Waals surface area contributed by atoms with Crippen molar-refractivity contribution in [3.8, 4) is 5.75 Å². The standard InChI is InChI=1S/C13H11BrO3/c1-16-10-4-2-3-9(7-10)8-12(15)13-11(14)5-6-17-13/h2-7H,8H2,1H3. The molecule has 0 radical (unpaired) electrons. The van der Waals surface area contributed by atoms with Crippen molar-refractivity contribution in [1.82, 2.24) is 0 Å². The molecule has 0 spiro atoms. The van der Waals surface area contributed by atoms with Crippen molar-refractivity contribution in [3.05, 3.63) is 52.4 Å². The van der Waals surface area contributed by atoms with Gasteiger partial charge in [0.25, 0.3) is 0 Å². The van der Waals surface area contributed by atoms with Crippen molar-refractivity contribution in [3.63, 3.8) is 0 Å². The fourth-order valence-electron chi connectivity index (χ4n) is 1.54. The number of furan rings is 1. The summed E-state index contributed by atoms with van der Waals surface area (Å²) in [5.74, 6) is 1.04. The topological polar surface area (TPSA) is 39.4 Å². The molecule has 0 aliphatic heterocycles. The molecule has 0 N–H and O–H groups in total. The molecule has 0 aliphatic carbocycles. The molecule has 1 heterocycles. The number of Topliss-reactive ketones (excluding diaryl/α,β-unsaturated/α-hetero) is 1. The molecule has 1 aromatic heterocycles. The fourth-order valence-corrected chi connectivity index (χ4v) is 1.96. The molecule has 0 saturated heterocycles. The summed E-state index contributed by atoms with van der Waals surface area (Å²) in [7, 11) is 1.60. The molecule has 0 aliphatic rings. The van der Waals surface area contributed by atoms with Crippen LogP contribution < -0.4 is 4.74 Å². The summed E-state index contributed by atoms with van der Waals surface area (Å²) in [5.41, 5.74) is 0.901. The molecule has 2 rings (SSSR count). The van der Waals surface area contributed by atoms with Gasteiger partial charge in [0, 0.05) is 6.42 Å². The molecule has 0 amide bonds. The molecular weight excluding hydrogens is 284 g/mol. The van der Waals surface area contributed by atoms with E-state index in [4.69, 9.17) is 9.15 Å². The number of hydrogen-bond donors (Lipinski definition) is 0. The second kappa shape index (κ2) is 5.19. The molecule has 3 nitrogen and oxygen atoms in total. The van der Waals surface area contributed by atoms with E-state index < -0.39 is 0 Å². The van der Waals surface area contributed by atoms with E-state index in [9.17, 15) is 4.79 Å². The van der Waals surface area contributed by atoms with Crippen LogP contribution in [0.15, 0.2) is 45.5 Å². The maximum absolute atomic E-state index is 11.9. The monoisotopic (exact) mass is 294 g/mol. The quantitative estimate of drug-likeness (QED) is 0.811. The van der Waals surface area contributed by atoms with Crippen molar-refractivity contribution < 1.29 is 13.9 Å². The Hall–Kier alpha value is -1.55. The number of hydrogen-bond acceptors (Lipinski definition) is 3. The maximum Gasteiger partial charge on any atom is 0.203 e. The minimum Gasteiger partial charge on any atom is -0.497 e. The summed E-state index contributed by atoms with van der Waals surface area (Å²) in [5, 5.41) is 0. The number of ether oxygens (including phenoxy) is 1. The van der Waals surface area contributed by atoms with Crippen LogP contribution in [-0.2, 0) is 6.42 Å². The van der Waals surface area contributed by atoms with E-state index in [0.29, 0.717) is 16.7 Å². The Kier molecular flexibility index (Phi) is 3.64. The molecule has 0 unspecified atom stereocenters. The molecule has 1 aromatic carbocycles. The normalized spacial score (nSPS) is 10.2. The highest BCUT2D eigenvalue weighted by Gasteiger charge is 2.14. The van der Waals surface area contributed by atoms with Crippen LogP contribution >= 0.6 is 15.9 Å². The first-order valence-corrected chi connectivity index (χ1v) is 5.89. The lowest BCUT2D eigenvalue weighted by molar-refractivity contribution is 0.0965. The van der Waals surface area contributed by atoms with Gasteiger partial charge in [0.05, 0.1) is 17.8 Å². The lowest BCUT2D eigenvalue weighted by atomic mass is 10.1. The van der Waals surface area contributed by atoms with Crippen LogP contribution in [0.5, 0.6) is 5.75 Å². The fraction of sp³-hybridized carbons (Fsp3) is 0.154. The van der Waals surface area contributed by atoms with Crippen molar-refractivity contribution >= 4 is 21.7 Å². The van der Waals surface area contributed by atoms with Crippen LogP contribution in [0.1, 0.15) is 16.1 Å². The first kappa shape index (κ1) is 11.9. The van der Waals surface area contributed by atoms with E-state index in [1.807, 2.05) is 24.3 Å². The van der Waals surface area contributed by atoms with Crippen molar-refractivity contribution in [2.45, 2.75) is 6.42 Å². The molecule has 0 bridgehead atoms. The number of benzene rings is 1. The van der Waals surface area contributed by atoms with Crippen LogP contribution in [0.4, 0.5) is 0 Å². The smallest absolute Gasteiger partial charge is 0.203 e. The Labute approximate surface area is 108 Å². The SMILES string of the molecule is COc1cccc(CC(=O)c2occc2Br)c1. The first-order valence-electron chi connectivity index (χ1n) is 5.10. The number of ketones is 1. The number of carbonyl (C=O) groups excluding carboxylic acids is 1. The Balaban J connectivity index is 2.16. The number of rotatable bonds is 4. The van der Waals surface area contributed by atoms with E-state index in [1.54, 1.807) is 13.2 Å². The summed E-state index contributed by atoms with van der Waals surface area (Å²) in [4.78, 5) is 11.9. The van der Waals surface area contributed by atoms with E-state index in [0.717, 1.165) is 11.3 Å². The predicted octanol–water partition coefficient (Wildman–Crippen LogP) is 3.48. The molecular formula is C13H11BrO3. The van der Waals surface area contributed by atoms with Gasteiger partial charge in [0.15, 0.2) is 5.76 Å². The van der Waals surface area contributed by atoms with Gasteiger partial charge >= 0.3 is 0 Å². The van der Waals surface area contributed by atoms with Gasteiger partial charge in [-0.2, -0.15) is 0 Å². The highest BCUT2D eigenvalue weighted by atomic mass is 79.9. The van der Waals surface area contributed by atoms with E-state index >= 15 is 0 Å². The summed E-state index contributed by atoms with van der Waals surface area (Å²) in [6.07, 6.45) is 1.78. The minimum absolute atomic E-state index is 0.0601. The van der Waals surface area contributed by atoms with Gasteiger partial charge in [0.1, 0.15) is 5.75 Å². The lowest BCUT2D eigenvalue weighted by Crippen LogP contribution is -2.03. The van der Waals surface area contributed by atoms with Crippen LogP contribution in [0.25, 0.3) is 0 Å². The molecule has 2 aromatic rings. The number of carbonyl (C=O) groups is 1. The Morgan fingerprint density at radius 1 is 1.41 bits per heavy atom. The average molecular weight is 295 g/mol. The number of methoxy groups -OCH3 is 1. The minimum atomic E-state index is -0.0601. The summed E-state index contributed by atoms with van der Waals surface area (Å²) in [6.45, 7) is 0. The molecule has 17 heavy (non-hydrogen) atoms. The van der Waals surface area contributed by atoms with Gasteiger partial charge in [-0.05, 0) is 39.7 Å². The van der Waals surface area contributed by atoms with Gasteiger partial charge in [-0.3, -0.25) is 4.79 Å². The van der Waals surface area contributed by atoms with Gasteiger partial charge in [-0.25, -0.2) is 0 Å². The largest absolute Gasteiger partial charge is 0.497 e. The third-order valence-electron chi connectivity index (χ3n) is 2.37. The second-order valence-corrected chi connectivity index (χ2v) is 4.40. The van der Waals surface area contributed by atoms with Crippen LogP contribution in [0.3, 0.4) is 0 Å². The van der Waals surface area contributed by atoms with Gasteiger partial charge in [0.2, 0.25) is 5.78 Å². The molecule has 88 valence electrons. The average Bonchev–Trinajstić information content (AvgIpc) is 2.76. The Morgan fingerprint density at radius 2 is 2.24 bits per heavy atom. The predicted molar refractivity (Wildman–Crippen MR) is 67.4 cm³/mol. The van der Waals surface area contributed by atoms with Crippen molar-refractivity contribution in [1.29, 1.82) is 0 Å². The first-order chi connectivity index (χ1) is 8.20. The highest BCUT2D eigenvalue weighted by molar-refractivity contribution is 9.10. The highest BCUT2D eigenvalue weighted by Crippen LogP contribution is 2.20. The number of halogens is 1. The maximum atomic E-state index is 11.9. The van der Waals surface area contributed by atoms with Gasteiger partial charge in [-0.1, -0.05) is 12.1 Å². The van der Waals surface area contributed by atoms with Crippen molar-refractivity contribution in [2.75, 3.05) is 7.11 Å². The zero-order valence-corrected chi connectivity index (χ0v) is 10.9. The molecule has 0 fully saturated rings. The summed E-state index contributed by atoms with van der Waals surface area (Å²) < 4.78 is 10.9. The van der Waals surface area contributed by atoms with E-state index in [2.05, 4.69) is 15.9 Å². The zero-order valence-electron chi connectivity index (χ0n) is 9.27. The zero-order chi connectivity index (χ0) is 12.3.